The van der Waals surface area contributed by atoms with Crippen molar-refractivity contribution in [3.63, 3.8) is 0 Å². The van der Waals surface area contributed by atoms with Crippen molar-refractivity contribution >= 4 is 23.2 Å². The van der Waals surface area contributed by atoms with Crippen molar-refractivity contribution in [1.29, 1.82) is 5.26 Å². The van der Waals surface area contributed by atoms with Crippen molar-refractivity contribution < 1.29 is 4.79 Å². The summed E-state index contributed by atoms with van der Waals surface area (Å²) in [6.07, 6.45) is 0.373. The highest BCUT2D eigenvalue weighted by molar-refractivity contribution is 6.30. The summed E-state index contributed by atoms with van der Waals surface area (Å²) in [6, 6.07) is 9.20. The van der Waals surface area contributed by atoms with Gasteiger partial charge in [0.25, 0.3) is 0 Å². The average Bonchev–Trinajstić information content (AvgIpc) is 2.33. The summed E-state index contributed by atoms with van der Waals surface area (Å²) < 4.78 is 0. The molecule has 4 nitrogen and oxygen atoms in total. The van der Waals surface area contributed by atoms with Crippen LogP contribution in [-0.2, 0) is 4.79 Å². The molecule has 5 heteroatoms. The van der Waals surface area contributed by atoms with E-state index >= 15 is 0 Å². The Bertz CT molecular complexity index is 456. The first-order valence-electron chi connectivity index (χ1n) is 5.78. The van der Waals surface area contributed by atoms with Crippen molar-refractivity contribution in [2.75, 3.05) is 18.1 Å². The average molecular weight is 266 g/mol. The van der Waals surface area contributed by atoms with Crippen LogP contribution in [0.3, 0.4) is 0 Å². The fraction of sp³-hybridized carbons (Fsp3) is 0.385. The van der Waals surface area contributed by atoms with Gasteiger partial charge in [0, 0.05) is 31.5 Å². The molecule has 0 aliphatic carbocycles. The van der Waals surface area contributed by atoms with Crippen molar-refractivity contribution in [2.24, 2.45) is 0 Å². The Morgan fingerprint density at radius 1 is 1.50 bits per heavy atom. The summed E-state index contributed by atoms with van der Waals surface area (Å²) in [7, 11) is 0. The minimum absolute atomic E-state index is 0.0999. The predicted molar refractivity (Wildman–Crippen MR) is 72.1 cm³/mol. The van der Waals surface area contributed by atoms with Crippen LogP contribution in [0.5, 0.6) is 0 Å². The van der Waals surface area contributed by atoms with Crippen LogP contribution in [0.2, 0.25) is 5.02 Å². The maximum absolute atomic E-state index is 11.8. The van der Waals surface area contributed by atoms with Crippen LogP contribution < -0.4 is 5.01 Å². The highest BCUT2D eigenvalue weighted by atomic mass is 35.5. The first-order chi connectivity index (χ1) is 8.60. The molecule has 0 saturated heterocycles. The number of carbonyl (C=O) groups excluding carboxylic acids is 1. The van der Waals surface area contributed by atoms with Crippen LogP contribution >= 0.6 is 11.6 Å². The van der Waals surface area contributed by atoms with E-state index in [-0.39, 0.29) is 5.91 Å². The van der Waals surface area contributed by atoms with E-state index in [4.69, 9.17) is 16.9 Å². The van der Waals surface area contributed by atoms with Gasteiger partial charge in [0.1, 0.15) is 0 Å². The van der Waals surface area contributed by atoms with E-state index in [1.165, 1.54) is 6.92 Å². The van der Waals surface area contributed by atoms with Gasteiger partial charge in [-0.25, -0.2) is 10.0 Å². The lowest BCUT2D eigenvalue weighted by atomic mass is 10.3. The number of hydrazine groups is 1. The number of nitriles is 1. The third-order valence-corrected chi connectivity index (χ3v) is 2.72. The normalized spacial score (nSPS) is 10.2. The Labute approximate surface area is 112 Å². The van der Waals surface area contributed by atoms with E-state index in [1.54, 1.807) is 23.2 Å². The van der Waals surface area contributed by atoms with Crippen LogP contribution in [0.25, 0.3) is 0 Å². The summed E-state index contributed by atoms with van der Waals surface area (Å²) in [5.74, 6) is -0.0999. The second-order valence-corrected chi connectivity index (χ2v) is 4.20. The van der Waals surface area contributed by atoms with E-state index in [2.05, 4.69) is 6.07 Å². The lowest BCUT2D eigenvalue weighted by molar-refractivity contribution is -0.119. The minimum atomic E-state index is -0.0999. The topological polar surface area (TPSA) is 47.3 Å². The van der Waals surface area contributed by atoms with E-state index in [9.17, 15) is 4.79 Å². The smallest absolute Gasteiger partial charge is 0.238 e. The Kier molecular flexibility index (Phi) is 5.63. The number of carbonyl (C=O) groups is 1. The van der Waals surface area contributed by atoms with Crippen LogP contribution in [-0.4, -0.2) is 24.0 Å². The highest BCUT2D eigenvalue weighted by Gasteiger charge is 2.18. The Morgan fingerprint density at radius 3 is 2.72 bits per heavy atom. The summed E-state index contributed by atoms with van der Waals surface area (Å²) in [5.41, 5.74) is 0.717. The largest absolute Gasteiger partial charge is 0.273 e. The molecule has 1 aromatic carbocycles. The number of amides is 1. The molecule has 1 aromatic rings. The number of benzene rings is 1. The van der Waals surface area contributed by atoms with Gasteiger partial charge >= 0.3 is 0 Å². The molecule has 0 heterocycles. The molecule has 0 spiro atoms. The molecule has 0 unspecified atom stereocenters. The summed E-state index contributed by atoms with van der Waals surface area (Å²) >= 11 is 5.94. The molecule has 0 aliphatic heterocycles. The standard InChI is InChI=1S/C13H16ClN3O/c1-3-16(9-5-8-15)17(11(2)18)13-7-4-6-12(14)10-13/h4,6-7,10H,3,5,9H2,1-2H3. The van der Waals surface area contributed by atoms with Crippen molar-refractivity contribution in [3.05, 3.63) is 29.3 Å². The van der Waals surface area contributed by atoms with E-state index in [0.717, 1.165) is 5.69 Å². The third kappa shape index (κ3) is 3.73. The lowest BCUT2D eigenvalue weighted by Crippen LogP contribution is -2.46. The van der Waals surface area contributed by atoms with Crippen molar-refractivity contribution in [1.82, 2.24) is 5.01 Å². The third-order valence-electron chi connectivity index (χ3n) is 2.48. The van der Waals surface area contributed by atoms with Gasteiger partial charge in [-0.15, -0.1) is 0 Å². The number of halogens is 1. The van der Waals surface area contributed by atoms with E-state index in [1.807, 2.05) is 18.0 Å². The van der Waals surface area contributed by atoms with Crippen LogP contribution in [0.1, 0.15) is 20.3 Å². The number of nitrogens with zero attached hydrogens (tertiary/aromatic N) is 3. The molecule has 0 N–H and O–H groups in total. The predicted octanol–water partition coefficient (Wildman–Crippen LogP) is 2.84. The molecular weight excluding hydrogens is 250 g/mol. The molecule has 1 rings (SSSR count). The molecule has 0 bridgehead atoms. The van der Waals surface area contributed by atoms with Gasteiger partial charge < -0.3 is 0 Å². The van der Waals surface area contributed by atoms with Gasteiger partial charge in [-0.3, -0.25) is 4.79 Å². The lowest BCUT2D eigenvalue weighted by Gasteiger charge is -2.33. The molecule has 0 saturated carbocycles. The van der Waals surface area contributed by atoms with Gasteiger partial charge in [0.15, 0.2) is 0 Å². The van der Waals surface area contributed by atoms with Crippen molar-refractivity contribution in [3.8, 4) is 6.07 Å². The highest BCUT2D eigenvalue weighted by Crippen LogP contribution is 2.21. The molecule has 0 radical (unpaired) electrons. The summed E-state index contributed by atoms with van der Waals surface area (Å²) in [5, 5.41) is 12.6. The molecule has 0 aliphatic rings. The summed E-state index contributed by atoms with van der Waals surface area (Å²) in [6.45, 7) is 4.60. The van der Waals surface area contributed by atoms with Gasteiger partial charge in [-0.1, -0.05) is 24.6 Å². The molecule has 18 heavy (non-hydrogen) atoms. The monoisotopic (exact) mass is 265 g/mol. The zero-order valence-electron chi connectivity index (χ0n) is 10.6. The summed E-state index contributed by atoms with van der Waals surface area (Å²) in [4.78, 5) is 11.8. The molecular formula is C13H16ClN3O. The number of anilines is 1. The number of hydrogen-bond donors (Lipinski definition) is 0. The quantitative estimate of drug-likeness (QED) is 0.769. The first kappa shape index (κ1) is 14.5. The van der Waals surface area contributed by atoms with Gasteiger partial charge in [0.2, 0.25) is 5.91 Å². The first-order valence-corrected chi connectivity index (χ1v) is 6.16. The molecule has 1 amide bonds. The fourth-order valence-corrected chi connectivity index (χ4v) is 1.92. The van der Waals surface area contributed by atoms with Crippen LogP contribution in [0.15, 0.2) is 24.3 Å². The van der Waals surface area contributed by atoms with Crippen LogP contribution in [0, 0.1) is 11.3 Å². The van der Waals surface area contributed by atoms with Gasteiger partial charge in [-0.2, -0.15) is 5.26 Å². The minimum Gasteiger partial charge on any atom is -0.273 e. The second kappa shape index (κ2) is 7.00. The van der Waals surface area contributed by atoms with E-state index < -0.39 is 0 Å². The molecule has 0 aromatic heterocycles. The molecule has 96 valence electrons. The van der Waals surface area contributed by atoms with Crippen molar-refractivity contribution in [2.45, 2.75) is 20.3 Å². The maximum Gasteiger partial charge on any atom is 0.238 e. The van der Waals surface area contributed by atoms with Gasteiger partial charge in [0.05, 0.1) is 11.8 Å². The number of hydrogen-bond acceptors (Lipinski definition) is 3. The molecule has 0 fully saturated rings. The van der Waals surface area contributed by atoms with Crippen LogP contribution in [0.4, 0.5) is 5.69 Å². The maximum atomic E-state index is 11.8. The SMILES string of the molecule is CCN(CCC#N)N(C(C)=O)c1cccc(Cl)c1. The number of rotatable bonds is 5. The fourth-order valence-electron chi connectivity index (χ4n) is 1.73. The second-order valence-electron chi connectivity index (χ2n) is 3.77. The molecule has 0 atom stereocenters. The van der Waals surface area contributed by atoms with E-state index in [0.29, 0.717) is 24.5 Å². The Balaban J connectivity index is 3.01. The Morgan fingerprint density at radius 2 is 2.22 bits per heavy atom. The zero-order valence-corrected chi connectivity index (χ0v) is 11.3. The Hall–Kier alpha value is -1.57. The van der Waals surface area contributed by atoms with Gasteiger partial charge in [-0.05, 0) is 18.2 Å². The zero-order chi connectivity index (χ0) is 13.5.